The normalized spacial score (nSPS) is 10.8. The van der Waals surface area contributed by atoms with Gasteiger partial charge in [0.1, 0.15) is 5.60 Å². The molecule has 0 atom stereocenters. The second-order valence-electron chi connectivity index (χ2n) is 4.54. The summed E-state index contributed by atoms with van der Waals surface area (Å²) in [6.07, 6.45) is -0.786. The van der Waals surface area contributed by atoms with Gasteiger partial charge in [-0.3, -0.25) is 10.1 Å². The summed E-state index contributed by atoms with van der Waals surface area (Å²) in [7, 11) is 0. The van der Waals surface area contributed by atoms with Gasteiger partial charge in [0.25, 0.3) is 5.91 Å². The minimum atomic E-state index is -0.786. The Kier molecular flexibility index (Phi) is 3.73. The number of para-hydroxylation sites is 1. The lowest BCUT2D eigenvalue weighted by molar-refractivity contribution is 0.0508. The summed E-state index contributed by atoms with van der Waals surface area (Å²) in [5.41, 5.74) is 5.53. The van der Waals surface area contributed by atoms with Crippen molar-refractivity contribution >= 4 is 17.7 Å². The van der Waals surface area contributed by atoms with E-state index < -0.39 is 17.6 Å². The molecule has 0 spiro atoms. The number of carbonyl (C=O) groups excluding carboxylic acids is 2. The van der Waals surface area contributed by atoms with Crippen molar-refractivity contribution in [3.05, 3.63) is 29.8 Å². The van der Waals surface area contributed by atoms with Crippen LogP contribution < -0.4 is 11.1 Å². The molecule has 1 rings (SSSR count). The van der Waals surface area contributed by atoms with Crippen molar-refractivity contribution in [3.8, 4) is 0 Å². The molecule has 0 unspecified atom stereocenters. The Balaban J connectivity index is 2.68. The highest BCUT2D eigenvalue weighted by molar-refractivity contribution is 6.06. The molecule has 0 saturated carbocycles. The SMILES string of the molecule is CC(C)(C)OC(=O)NC(=O)c1ccccc1N. The van der Waals surface area contributed by atoms with E-state index in [2.05, 4.69) is 5.32 Å². The maximum atomic E-state index is 11.7. The van der Waals surface area contributed by atoms with Crippen LogP contribution in [0.2, 0.25) is 0 Å². The Bertz CT molecular complexity index is 436. The van der Waals surface area contributed by atoms with E-state index in [9.17, 15) is 9.59 Å². The van der Waals surface area contributed by atoms with E-state index >= 15 is 0 Å². The highest BCUT2D eigenvalue weighted by Crippen LogP contribution is 2.11. The van der Waals surface area contributed by atoms with Crippen LogP contribution in [0.25, 0.3) is 0 Å². The first-order chi connectivity index (χ1) is 7.79. The second kappa shape index (κ2) is 4.86. The Morgan fingerprint density at radius 3 is 2.35 bits per heavy atom. The molecule has 92 valence electrons. The fourth-order valence-electron chi connectivity index (χ4n) is 1.17. The van der Waals surface area contributed by atoms with Crippen LogP contribution in [0.15, 0.2) is 24.3 Å². The molecule has 0 aromatic heterocycles. The van der Waals surface area contributed by atoms with Crippen molar-refractivity contribution in [2.24, 2.45) is 0 Å². The van der Waals surface area contributed by atoms with Gasteiger partial charge in [-0.2, -0.15) is 0 Å². The average molecular weight is 236 g/mol. The average Bonchev–Trinajstić information content (AvgIpc) is 2.14. The van der Waals surface area contributed by atoms with Gasteiger partial charge in [0.15, 0.2) is 0 Å². The van der Waals surface area contributed by atoms with Crippen LogP contribution in [0.5, 0.6) is 0 Å². The molecular formula is C12H16N2O3. The first kappa shape index (κ1) is 13.0. The van der Waals surface area contributed by atoms with Crippen LogP contribution in [0.1, 0.15) is 31.1 Å². The molecule has 0 aliphatic carbocycles. The Labute approximate surface area is 99.9 Å². The molecule has 0 aliphatic heterocycles. The predicted molar refractivity (Wildman–Crippen MR) is 64.6 cm³/mol. The number of carbonyl (C=O) groups is 2. The number of anilines is 1. The molecule has 0 heterocycles. The fourth-order valence-corrected chi connectivity index (χ4v) is 1.17. The van der Waals surface area contributed by atoms with E-state index in [0.717, 1.165) is 0 Å². The number of amides is 2. The van der Waals surface area contributed by atoms with Crippen molar-refractivity contribution in [1.29, 1.82) is 0 Å². The molecule has 2 amide bonds. The van der Waals surface area contributed by atoms with Gasteiger partial charge < -0.3 is 10.5 Å². The first-order valence-corrected chi connectivity index (χ1v) is 5.18. The topological polar surface area (TPSA) is 81.4 Å². The summed E-state index contributed by atoms with van der Waals surface area (Å²) >= 11 is 0. The first-order valence-electron chi connectivity index (χ1n) is 5.18. The third kappa shape index (κ3) is 4.14. The quantitative estimate of drug-likeness (QED) is 0.730. The number of benzene rings is 1. The van der Waals surface area contributed by atoms with Crippen LogP contribution >= 0.6 is 0 Å². The smallest absolute Gasteiger partial charge is 0.414 e. The van der Waals surface area contributed by atoms with Crippen LogP contribution in [-0.2, 0) is 4.74 Å². The zero-order valence-corrected chi connectivity index (χ0v) is 10.1. The van der Waals surface area contributed by atoms with Gasteiger partial charge in [0, 0.05) is 5.69 Å². The molecule has 17 heavy (non-hydrogen) atoms. The fraction of sp³-hybridized carbons (Fsp3) is 0.333. The Morgan fingerprint density at radius 1 is 1.24 bits per heavy atom. The van der Waals surface area contributed by atoms with E-state index in [1.165, 1.54) is 6.07 Å². The highest BCUT2D eigenvalue weighted by Gasteiger charge is 2.19. The number of nitrogens with one attached hydrogen (secondary N) is 1. The standard InChI is InChI=1S/C12H16N2O3/c1-12(2,3)17-11(16)14-10(15)8-6-4-5-7-9(8)13/h4-7H,13H2,1-3H3,(H,14,15,16). The van der Waals surface area contributed by atoms with Crippen LogP contribution in [0.4, 0.5) is 10.5 Å². The molecule has 0 radical (unpaired) electrons. The largest absolute Gasteiger partial charge is 0.444 e. The number of nitrogen functional groups attached to an aromatic ring is 1. The number of rotatable bonds is 1. The van der Waals surface area contributed by atoms with Crippen molar-refractivity contribution in [1.82, 2.24) is 5.32 Å². The number of hydrogen-bond acceptors (Lipinski definition) is 4. The third-order valence-corrected chi connectivity index (χ3v) is 1.82. The number of alkyl carbamates (subject to hydrolysis) is 1. The van der Waals surface area contributed by atoms with E-state index in [1.807, 2.05) is 0 Å². The van der Waals surface area contributed by atoms with Crippen molar-refractivity contribution in [2.75, 3.05) is 5.73 Å². The molecular weight excluding hydrogens is 220 g/mol. The van der Waals surface area contributed by atoms with Gasteiger partial charge in [0.2, 0.25) is 0 Å². The van der Waals surface area contributed by atoms with Crippen LogP contribution in [-0.4, -0.2) is 17.6 Å². The molecule has 1 aromatic carbocycles. The predicted octanol–water partition coefficient (Wildman–Crippen LogP) is 1.93. The minimum absolute atomic E-state index is 0.248. The summed E-state index contributed by atoms with van der Waals surface area (Å²) in [6, 6.07) is 6.50. The van der Waals surface area contributed by atoms with E-state index in [4.69, 9.17) is 10.5 Å². The number of hydrogen-bond donors (Lipinski definition) is 2. The van der Waals surface area contributed by atoms with Crippen LogP contribution in [0.3, 0.4) is 0 Å². The van der Waals surface area contributed by atoms with Gasteiger partial charge in [-0.15, -0.1) is 0 Å². The molecule has 5 nitrogen and oxygen atoms in total. The van der Waals surface area contributed by atoms with Gasteiger partial charge in [-0.1, -0.05) is 12.1 Å². The van der Waals surface area contributed by atoms with E-state index in [1.54, 1.807) is 39.0 Å². The molecule has 0 bridgehead atoms. The van der Waals surface area contributed by atoms with E-state index in [-0.39, 0.29) is 5.56 Å². The summed E-state index contributed by atoms with van der Waals surface area (Å²) in [5.74, 6) is -0.572. The second-order valence-corrected chi connectivity index (χ2v) is 4.54. The highest BCUT2D eigenvalue weighted by atomic mass is 16.6. The summed E-state index contributed by atoms with van der Waals surface area (Å²) in [6.45, 7) is 5.15. The maximum Gasteiger partial charge on any atom is 0.414 e. The molecule has 0 fully saturated rings. The van der Waals surface area contributed by atoms with E-state index in [0.29, 0.717) is 5.69 Å². The molecule has 0 aliphatic rings. The monoisotopic (exact) mass is 236 g/mol. The van der Waals surface area contributed by atoms with Gasteiger partial charge in [-0.05, 0) is 32.9 Å². The third-order valence-electron chi connectivity index (χ3n) is 1.82. The molecule has 3 N–H and O–H groups in total. The lowest BCUT2D eigenvalue weighted by Gasteiger charge is -2.19. The zero-order valence-electron chi connectivity index (χ0n) is 10.1. The number of imide groups is 1. The minimum Gasteiger partial charge on any atom is -0.444 e. The van der Waals surface area contributed by atoms with Gasteiger partial charge in [-0.25, -0.2) is 4.79 Å². The summed E-state index contributed by atoms with van der Waals surface area (Å²) < 4.78 is 4.96. The molecule has 5 heteroatoms. The molecule has 1 aromatic rings. The summed E-state index contributed by atoms with van der Waals surface area (Å²) in [4.78, 5) is 23.0. The van der Waals surface area contributed by atoms with Gasteiger partial charge in [0.05, 0.1) is 5.56 Å². The van der Waals surface area contributed by atoms with Crippen LogP contribution in [0, 0.1) is 0 Å². The lowest BCUT2D eigenvalue weighted by atomic mass is 10.2. The maximum absolute atomic E-state index is 11.7. The summed E-state index contributed by atoms with van der Waals surface area (Å²) in [5, 5.41) is 2.11. The Morgan fingerprint density at radius 2 is 1.82 bits per heavy atom. The zero-order chi connectivity index (χ0) is 13.1. The van der Waals surface area contributed by atoms with Gasteiger partial charge >= 0.3 is 6.09 Å². The Hall–Kier alpha value is -2.04. The van der Waals surface area contributed by atoms with Crippen molar-refractivity contribution < 1.29 is 14.3 Å². The van der Waals surface area contributed by atoms with Crippen molar-refractivity contribution in [3.63, 3.8) is 0 Å². The number of nitrogens with two attached hydrogens (primary N) is 1. The lowest BCUT2D eigenvalue weighted by Crippen LogP contribution is -2.36. The van der Waals surface area contributed by atoms with Crippen molar-refractivity contribution in [2.45, 2.75) is 26.4 Å². The number of ether oxygens (including phenoxy) is 1. The molecule has 0 saturated heterocycles.